The Bertz CT molecular complexity index is 1480. The van der Waals surface area contributed by atoms with E-state index in [1.807, 2.05) is 111 Å². The first-order valence-electron chi connectivity index (χ1n) is 20.3. The van der Waals surface area contributed by atoms with Crippen molar-refractivity contribution in [2.45, 2.75) is 231 Å². The molecule has 0 aliphatic carbocycles. The van der Waals surface area contributed by atoms with Crippen molar-refractivity contribution >= 4 is 0 Å². The zero-order valence-electron chi connectivity index (χ0n) is 36.9. The van der Waals surface area contributed by atoms with E-state index in [0.717, 1.165) is 20.3 Å². The summed E-state index contributed by atoms with van der Waals surface area (Å²) in [6.07, 6.45) is 1.06. The Hall–Kier alpha value is -2.48. The maximum Gasteiger partial charge on any atom is 0.262 e. The minimum absolute atomic E-state index is 0.0323. The predicted molar refractivity (Wildman–Crippen MR) is 206 cm³/mol. The quantitative estimate of drug-likeness (QED) is 0.253. The van der Waals surface area contributed by atoms with Crippen molar-refractivity contribution < 1.29 is 39.8 Å². The summed E-state index contributed by atoms with van der Waals surface area (Å²) in [6.45, 7) is 30.1. The molecule has 4 aliphatic rings. The number of aromatic nitrogens is 1. The van der Waals surface area contributed by atoms with Crippen LogP contribution in [0, 0.1) is 11.3 Å². The topological polar surface area (TPSA) is 166 Å². The normalized spacial score (nSPS) is 28.3. The molecule has 0 atom stereocenters. The molecule has 5 heterocycles. The molecule has 0 amide bonds. The Morgan fingerprint density at radius 2 is 0.625 bits per heavy atom. The summed E-state index contributed by atoms with van der Waals surface area (Å²) in [6, 6.07) is 2.37. The van der Waals surface area contributed by atoms with Crippen LogP contribution >= 0.6 is 0 Å². The number of rotatable bonds is 8. The van der Waals surface area contributed by atoms with Crippen molar-refractivity contribution in [3.8, 4) is 29.3 Å². The number of hydrogen-bond acceptors (Lipinski definition) is 10. The Morgan fingerprint density at radius 3 is 0.821 bits per heavy atom. The van der Waals surface area contributed by atoms with Gasteiger partial charge in [0.15, 0.2) is 0 Å². The van der Waals surface area contributed by atoms with Gasteiger partial charge in [-0.05, 0) is 111 Å². The van der Waals surface area contributed by atoms with E-state index in [1.54, 1.807) is 0 Å². The number of pyridine rings is 1. The fraction of sp³-hybridized carbons (Fsp3) is 0.857. The van der Waals surface area contributed by atoms with Crippen molar-refractivity contribution in [2.24, 2.45) is 0 Å². The summed E-state index contributed by atoms with van der Waals surface area (Å²) in [5.74, 6) is 0.242. The van der Waals surface area contributed by atoms with E-state index >= 15 is 0 Å². The average molecular weight is 785 g/mol. The summed E-state index contributed by atoms with van der Waals surface area (Å²) in [4.78, 5) is 5.03. The van der Waals surface area contributed by atoms with Crippen LogP contribution in [0.25, 0.3) is 0 Å². The van der Waals surface area contributed by atoms with Crippen LogP contribution < -0.4 is 18.9 Å². The molecule has 5 rings (SSSR count). The van der Waals surface area contributed by atoms with E-state index in [2.05, 4.69) is 6.07 Å². The van der Waals surface area contributed by atoms with Gasteiger partial charge in [0.1, 0.15) is 36.0 Å². The molecule has 0 aromatic carbocycles. The molecular weight excluding hydrogens is 716 g/mol. The van der Waals surface area contributed by atoms with Crippen LogP contribution in [0.5, 0.6) is 23.3 Å². The van der Waals surface area contributed by atoms with Gasteiger partial charge < -0.3 is 18.9 Å². The molecular formula is C42H68N6O8. The summed E-state index contributed by atoms with van der Waals surface area (Å²) < 4.78 is 27.3. The number of piperidine rings is 4. The molecule has 14 nitrogen and oxygen atoms in total. The number of nitrogens with zero attached hydrogens (tertiary/aromatic N) is 6. The third-order valence-electron chi connectivity index (χ3n) is 12.5. The first-order valence-corrected chi connectivity index (χ1v) is 20.3. The van der Waals surface area contributed by atoms with E-state index < -0.39 is 68.7 Å². The van der Waals surface area contributed by atoms with Gasteiger partial charge in [-0.25, -0.2) is 0 Å². The monoisotopic (exact) mass is 785 g/mol. The highest BCUT2D eigenvalue weighted by Crippen LogP contribution is 2.50. The maximum absolute atomic E-state index is 13.4. The average Bonchev–Trinajstić information content (AvgIpc) is 3.01. The first-order chi connectivity index (χ1) is 25.2. The minimum Gasteiger partial charge on any atom is -0.483 e. The molecule has 314 valence electrons. The Balaban J connectivity index is 1.69. The zero-order chi connectivity index (χ0) is 42.4. The fourth-order valence-corrected chi connectivity index (χ4v) is 10.7. The maximum atomic E-state index is 13.4. The minimum atomic E-state index is -0.773. The summed E-state index contributed by atoms with van der Waals surface area (Å²) in [5.41, 5.74) is -6.11. The van der Waals surface area contributed by atoms with Gasteiger partial charge >= 0.3 is 0 Å². The van der Waals surface area contributed by atoms with Gasteiger partial charge in [-0.3, -0.25) is 0 Å². The third-order valence-corrected chi connectivity index (χ3v) is 12.5. The van der Waals surface area contributed by atoms with Crippen molar-refractivity contribution in [1.29, 1.82) is 5.26 Å². The van der Waals surface area contributed by atoms with Gasteiger partial charge in [0, 0.05) is 95.7 Å². The lowest BCUT2D eigenvalue weighted by molar-refractivity contribution is -0.298. The van der Waals surface area contributed by atoms with Gasteiger partial charge in [-0.15, -0.1) is 41.1 Å². The summed E-state index contributed by atoms with van der Waals surface area (Å²) >= 11 is 0. The van der Waals surface area contributed by atoms with Crippen molar-refractivity contribution in [3.63, 3.8) is 0 Å². The van der Waals surface area contributed by atoms with Crippen LogP contribution in [0.15, 0.2) is 0 Å². The first kappa shape index (κ1) is 44.6. The van der Waals surface area contributed by atoms with E-state index in [1.165, 1.54) is 0 Å². The van der Waals surface area contributed by atoms with Crippen LogP contribution in [-0.2, 0) is 20.8 Å². The van der Waals surface area contributed by atoms with Crippen LogP contribution in [0.4, 0.5) is 0 Å². The smallest absolute Gasteiger partial charge is 0.262 e. The van der Waals surface area contributed by atoms with Gasteiger partial charge in [-0.1, -0.05) is 0 Å². The van der Waals surface area contributed by atoms with Crippen molar-refractivity contribution in [2.75, 3.05) is 0 Å². The highest BCUT2D eigenvalue weighted by Gasteiger charge is 2.52. The molecule has 0 unspecified atom stereocenters. The highest BCUT2D eigenvalue weighted by atomic mass is 16.6. The highest BCUT2D eigenvalue weighted by molar-refractivity contribution is 5.62. The van der Waals surface area contributed by atoms with E-state index in [9.17, 15) is 26.1 Å². The number of nitriles is 1. The van der Waals surface area contributed by atoms with Gasteiger partial charge in [0.25, 0.3) is 11.8 Å². The van der Waals surface area contributed by atoms with Gasteiger partial charge in [0.05, 0.1) is 0 Å². The fourth-order valence-electron chi connectivity index (χ4n) is 10.7. The molecule has 56 heavy (non-hydrogen) atoms. The van der Waals surface area contributed by atoms with Gasteiger partial charge in [-0.2, -0.15) is 10.2 Å². The largest absolute Gasteiger partial charge is 0.483 e. The van der Waals surface area contributed by atoms with Crippen LogP contribution in [0.1, 0.15) is 168 Å². The standard InChI is InChI=1S/C42H68N6O8/c1-35(2)17-26(18-36(3,4)45(35)49)53-31-30(25-43)32(54-27-19-37(5,6)46(50)38(7,8)20-27)34(56-29-23-41(13,14)48(52)42(15,16)24-29)44-33(31)55-28-21-39(9,10)47(51)40(11,12)22-28/h26-29H,17-24H2,1-16H3. The molecule has 0 spiro atoms. The van der Waals surface area contributed by atoms with Crippen LogP contribution in [0.2, 0.25) is 0 Å². The SMILES string of the molecule is CC1(C)CC(Oc2nc(OC3CC(C)(C)N([O])C(C)(C)C3)c(OC3CC(C)(C)N([O])C(C)(C)C3)c(C#N)c2OC2CC(C)(C)N([O])C(C)(C)C2)CC(C)(C)N1[O]. The lowest BCUT2D eigenvalue weighted by Gasteiger charge is -2.50. The Morgan fingerprint density at radius 1 is 0.429 bits per heavy atom. The van der Waals surface area contributed by atoms with E-state index in [0.29, 0.717) is 51.4 Å². The van der Waals surface area contributed by atoms with Crippen LogP contribution in [0.3, 0.4) is 0 Å². The predicted octanol–water partition coefficient (Wildman–Crippen LogP) is 7.94. The molecule has 1 aromatic rings. The summed E-state index contributed by atoms with van der Waals surface area (Å²) in [7, 11) is 0. The molecule has 14 heteroatoms. The van der Waals surface area contributed by atoms with Crippen LogP contribution in [-0.4, -0.2) is 94.0 Å². The Kier molecular flexibility index (Phi) is 11.4. The molecule has 0 bridgehead atoms. The van der Waals surface area contributed by atoms with E-state index in [4.69, 9.17) is 23.9 Å². The number of hydroxylamine groups is 8. The molecule has 4 aliphatic heterocycles. The second-order valence-electron chi connectivity index (χ2n) is 22.1. The number of hydrogen-bond donors (Lipinski definition) is 0. The van der Waals surface area contributed by atoms with E-state index in [-0.39, 0.29) is 28.8 Å². The van der Waals surface area contributed by atoms with Crippen molar-refractivity contribution in [3.05, 3.63) is 5.56 Å². The lowest BCUT2D eigenvalue weighted by atomic mass is 9.80. The second-order valence-corrected chi connectivity index (χ2v) is 22.1. The lowest BCUT2D eigenvalue weighted by Crippen LogP contribution is -2.61. The Labute approximate surface area is 335 Å². The van der Waals surface area contributed by atoms with Crippen molar-refractivity contribution in [1.82, 2.24) is 25.2 Å². The molecule has 4 fully saturated rings. The van der Waals surface area contributed by atoms with Gasteiger partial charge in [0.2, 0.25) is 11.5 Å². The molecule has 4 radical (unpaired) electrons. The zero-order valence-corrected chi connectivity index (χ0v) is 36.9. The molecule has 4 saturated heterocycles. The number of ether oxygens (including phenoxy) is 4. The second kappa shape index (κ2) is 14.4. The molecule has 0 N–H and O–H groups in total. The third kappa shape index (κ3) is 8.62. The molecule has 0 saturated carbocycles. The summed E-state index contributed by atoms with van der Waals surface area (Å²) in [5, 5.41) is 69.1. The molecule has 1 aromatic heterocycles.